The topological polar surface area (TPSA) is 59.8 Å². The van der Waals surface area contributed by atoms with E-state index in [0.717, 1.165) is 0 Å². The third kappa shape index (κ3) is 3.10. The Morgan fingerprint density at radius 1 is 1.41 bits per heavy atom. The molecule has 0 bridgehead atoms. The van der Waals surface area contributed by atoms with Crippen molar-refractivity contribution in [3.63, 3.8) is 0 Å². The van der Waals surface area contributed by atoms with Gasteiger partial charge in [-0.05, 0) is 12.1 Å². The monoisotopic (exact) mass is 234 g/mol. The molecule has 0 saturated carbocycles. The number of amides is 1. The van der Waals surface area contributed by atoms with E-state index in [-0.39, 0.29) is 18.0 Å². The summed E-state index contributed by atoms with van der Waals surface area (Å²) < 4.78 is 14.8. The van der Waals surface area contributed by atoms with E-state index in [1.807, 2.05) is 0 Å². The number of hydrogen-bond acceptors (Lipinski definition) is 3. The Morgan fingerprint density at radius 3 is 2.94 bits per heavy atom. The van der Waals surface area contributed by atoms with Crippen LogP contribution in [0.15, 0.2) is 36.9 Å². The van der Waals surface area contributed by atoms with Gasteiger partial charge in [0, 0.05) is 6.42 Å². The van der Waals surface area contributed by atoms with Gasteiger partial charge in [-0.15, -0.1) is 0 Å². The lowest BCUT2D eigenvalue weighted by Crippen LogP contribution is -2.15. The molecule has 88 valence electrons. The number of nitrogens with zero attached hydrogens (tertiary/aromatic N) is 3. The SMILES string of the molecule is O=C(CCn1cncn1)Nc1ccccc1F. The normalized spacial score (nSPS) is 10.2. The molecule has 0 fully saturated rings. The van der Waals surface area contributed by atoms with Gasteiger partial charge in [0.15, 0.2) is 0 Å². The van der Waals surface area contributed by atoms with Crippen LogP contribution in [0.1, 0.15) is 6.42 Å². The second-order valence-corrected chi connectivity index (χ2v) is 3.44. The number of aryl methyl sites for hydroxylation is 1. The molecule has 1 aromatic heterocycles. The molecular weight excluding hydrogens is 223 g/mol. The van der Waals surface area contributed by atoms with Crippen molar-refractivity contribution in [1.82, 2.24) is 14.8 Å². The number of anilines is 1. The van der Waals surface area contributed by atoms with Crippen LogP contribution >= 0.6 is 0 Å². The van der Waals surface area contributed by atoms with Crippen LogP contribution in [0.5, 0.6) is 0 Å². The van der Waals surface area contributed by atoms with Gasteiger partial charge in [-0.2, -0.15) is 5.10 Å². The third-order valence-corrected chi connectivity index (χ3v) is 2.18. The highest BCUT2D eigenvalue weighted by Crippen LogP contribution is 2.12. The molecule has 1 aromatic carbocycles. The van der Waals surface area contributed by atoms with Gasteiger partial charge in [0.25, 0.3) is 0 Å². The van der Waals surface area contributed by atoms with Crippen molar-refractivity contribution in [2.75, 3.05) is 5.32 Å². The molecule has 0 unspecified atom stereocenters. The summed E-state index contributed by atoms with van der Waals surface area (Å²) in [6.07, 6.45) is 3.14. The molecule has 1 N–H and O–H groups in total. The average molecular weight is 234 g/mol. The van der Waals surface area contributed by atoms with Crippen molar-refractivity contribution in [2.24, 2.45) is 0 Å². The Labute approximate surface area is 97.3 Å². The summed E-state index contributed by atoms with van der Waals surface area (Å²) in [5.74, 6) is -0.702. The molecule has 0 aliphatic carbocycles. The van der Waals surface area contributed by atoms with E-state index in [1.54, 1.807) is 16.8 Å². The molecular formula is C11H11FN4O. The Morgan fingerprint density at radius 2 is 2.24 bits per heavy atom. The molecule has 0 aliphatic heterocycles. The third-order valence-electron chi connectivity index (χ3n) is 2.18. The number of carbonyl (C=O) groups excluding carboxylic acids is 1. The first-order valence-electron chi connectivity index (χ1n) is 5.12. The molecule has 0 spiro atoms. The number of carbonyl (C=O) groups is 1. The number of benzene rings is 1. The lowest BCUT2D eigenvalue weighted by molar-refractivity contribution is -0.116. The van der Waals surface area contributed by atoms with Gasteiger partial charge >= 0.3 is 0 Å². The fraction of sp³-hybridized carbons (Fsp3) is 0.182. The van der Waals surface area contributed by atoms with E-state index in [1.165, 1.54) is 24.8 Å². The van der Waals surface area contributed by atoms with E-state index in [2.05, 4.69) is 15.4 Å². The van der Waals surface area contributed by atoms with Gasteiger partial charge in [0.1, 0.15) is 18.5 Å². The largest absolute Gasteiger partial charge is 0.324 e. The highest BCUT2D eigenvalue weighted by molar-refractivity contribution is 5.90. The second kappa shape index (κ2) is 5.20. The van der Waals surface area contributed by atoms with E-state index >= 15 is 0 Å². The number of nitrogens with one attached hydrogen (secondary N) is 1. The van der Waals surface area contributed by atoms with Crippen LogP contribution in [0.3, 0.4) is 0 Å². The highest BCUT2D eigenvalue weighted by atomic mass is 19.1. The lowest BCUT2D eigenvalue weighted by atomic mass is 10.3. The predicted octanol–water partition coefficient (Wildman–Crippen LogP) is 1.45. The van der Waals surface area contributed by atoms with Crippen molar-refractivity contribution >= 4 is 11.6 Å². The van der Waals surface area contributed by atoms with Crippen LogP contribution in [-0.4, -0.2) is 20.7 Å². The lowest BCUT2D eigenvalue weighted by Gasteiger charge is -2.05. The molecule has 5 nitrogen and oxygen atoms in total. The highest BCUT2D eigenvalue weighted by Gasteiger charge is 2.06. The summed E-state index contributed by atoms with van der Waals surface area (Å²) in [6, 6.07) is 6.05. The summed E-state index contributed by atoms with van der Waals surface area (Å²) in [5, 5.41) is 6.36. The molecule has 0 aliphatic rings. The van der Waals surface area contributed by atoms with Gasteiger partial charge < -0.3 is 5.32 Å². The van der Waals surface area contributed by atoms with E-state index in [4.69, 9.17) is 0 Å². The summed E-state index contributed by atoms with van der Waals surface area (Å²) in [7, 11) is 0. The van der Waals surface area contributed by atoms with Gasteiger partial charge in [-0.3, -0.25) is 9.48 Å². The number of halogens is 1. The van der Waals surface area contributed by atoms with E-state index in [0.29, 0.717) is 6.54 Å². The molecule has 0 radical (unpaired) electrons. The first-order valence-corrected chi connectivity index (χ1v) is 5.12. The first-order chi connectivity index (χ1) is 8.25. The number of para-hydroxylation sites is 1. The van der Waals surface area contributed by atoms with Crippen LogP contribution in [-0.2, 0) is 11.3 Å². The number of rotatable bonds is 4. The molecule has 0 atom stereocenters. The molecule has 2 aromatic rings. The molecule has 0 saturated heterocycles. The van der Waals surface area contributed by atoms with Gasteiger partial charge in [-0.25, -0.2) is 9.37 Å². The van der Waals surface area contributed by atoms with Gasteiger partial charge in [0.05, 0.1) is 12.2 Å². The Bertz CT molecular complexity index is 498. The molecule has 6 heteroatoms. The van der Waals surface area contributed by atoms with Crippen LogP contribution in [0.2, 0.25) is 0 Å². The summed E-state index contributed by atoms with van der Waals surface area (Å²) >= 11 is 0. The zero-order valence-electron chi connectivity index (χ0n) is 9.01. The minimum absolute atomic E-state index is 0.191. The Kier molecular flexibility index (Phi) is 3.44. The maximum absolute atomic E-state index is 13.2. The average Bonchev–Trinajstić information content (AvgIpc) is 2.82. The van der Waals surface area contributed by atoms with Crippen molar-refractivity contribution in [1.29, 1.82) is 0 Å². The predicted molar refractivity (Wildman–Crippen MR) is 59.7 cm³/mol. The van der Waals surface area contributed by atoms with Gasteiger partial charge in [0.2, 0.25) is 5.91 Å². The maximum Gasteiger partial charge on any atom is 0.226 e. The fourth-order valence-corrected chi connectivity index (χ4v) is 1.34. The minimum atomic E-state index is -0.443. The molecule has 2 rings (SSSR count). The number of aromatic nitrogens is 3. The standard InChI is InChI=1S/C11H11FN4O/c12-9-3-1-2-4-10(9)15-11(17)5-6-16-8-13-7-14-16/h1-4,7-8H,5-6H2,(H,15,17). The van der Waals surface area contributed by atoms with Crippen molar-refractivity contribution in [2.45, 2.75) is 13.0 Å². The summed E-state index contributed by atoms with van der Waals surface area (Å²) in [5.41, 5.74) is 0.191. The van der Waals surface area contributed by atoms with Crippen LogP contribution in [0, 0.1) is 5.82 Å². The zero-order valence-corrected chi connectivity index (χ0v) is 9.01. The summed E-state index contributed by atoms with van der Waals surface area (Å²) in [4.78, 5) is 15.3. The second-order valence-electron chi connectivity index (χ2n) is 3.44. The minimum Gasteiger partial charge on any atom is -0.324 e. The Hall–Kier alpha value is -2.24. The van der Waals surface area contributed by atoms with Crippen molar-refractivity contribution in [3.05, 3.63) is 42.7 Å². The van der Waals surface area contributed by atoms with E-state index < -0.39 is 5.82 Å². The van der Waals surface area contributed by atoms with E-state index in [9.17, 15) is 9.18 Å². The first kappa shape index (κ1) is 11.3. The Balaban J connectivity index is 1.87. The fourth-order valence-electron chi connectivity index (χ4n) is 1.34. The zero-order chi connectivity index (χ0) is 12.1. The van der Waals surface area contributed by atoms with Crippen LogP contribution in [0.25, 0.3) is 0 Å². The van der Waals surface area contributed by atoms with Crippen molar-refractivity contribution in [3.8, 4) is 0 Å². The molecule has 1 heterocycles. The molecule has 1 amide bonds. The summed E-state index contributed by atoms with van der Waals surface area (Å²) in [6.45, 7) is 0.417. The van der Waals surface area contributed by atoms with Gasteiger partial charge in [-0.1, -0.05) is 12.1 Å². The molecule has 17 heavy (non-hydrogen) atoms. The maximum atomic E-state index is 13.2. The number of hydrogen-bond donors (Lipinski definition) is 1. The van der Waals surface area contributed by atoms with Crippen LogP contribution < -0.4 is 5.32 Å². The van der Waals surface area contributed by atoms with Crippen LogP contribution in [0.4, 0.5) is 10.1 Å². The smallest absolute Gasteiger partial charge is 0.226 e. The quantitative estimate of drug-likeness (QED) is 0.870. The van der Waals surface area contributed by atoms with Crippen molar-refractivity contribution < 1.29 is 9.18 Å².